The van der Waals surface area contributed by atoms with Gasteiger partial charge in [0.25, 0.3) is 0 Å². The van der Waals surface area contributed by atoms with Gasteiger partial charge >= 0.3 is 0 Å². The number of nitrogens with zero attached hydrogens (tertiary/aromatic N) is 1. The van der Waals surface area contributed by atoms with Crippen LogP contribution in [0.4, 0.5) is 0 Å². The van der Waals surface area contributed by atoms with E-state index in [2.05, 4.69) is 9.71 Å². The van der Waals surface area contributed by atoms with Gasteiger partial charge in [-0.05, 0) is 85.8 Å². The SMILES string of the molecule is COc1ccc(S(=O)(=O)C(CNS(=O)(=O)c2ccc(OC3CCCC3)cc2)c2cccnc2)cc1. The molecule has 186 valence electrons. The van der Waals surface area contributed by atoms with Crippen molar-refractivity contribution in [2.75, 3.05) is 13.7 Å². The average molecular weight is 517 g/mol. The third-order valence-electron chi connectivity index (χ3n) is 6.02. The normalized spacial score (nSPS) is 15.6. The Labute approximate surface area is 206 Å². The van der Waals surface area contributed by atoms with Crippen molar-refractivity contribution in [3.8, 4) is 11.5 Å². The molecule has 1 atom stereocenters. The van der Waals surface area contributed by atoms with Crippen LogP contribution in [0.15, 0.2) is 82.8 Å². The number of methoxy groups -OCH3 is 1. The third-order valence-corrected chi connectivity index (χ3v) is 9.57. The van der Waals surface area contributed by atoms with Crippen LogP contribution < -0.4 is 14.2 Å². The number of ether oxygens (including phenoxy) is 2. The van der Waals surface area contributed by atoms with Crippen LogP contribution in [-0.4, -0.2) is 41.6 Å². The Kier molecular flexibility index (Phi) is 7.73. The molecule has 8 nitrogen and oxygen atoms in total. The van der Waals surface area contributed by atoms with E-state index in [1.165, 1.54) is 43.8 Å². The fraction of sp³-hybridized carbons (Fsp3) is 0.320. The van der Waals surface area contributed by atoms with Gasteiger partial charge in [0.2, 0.25) is 10.0 Å². The molecule has 10 heteroatoms. The lowest BCUT2D eigenvalue weighted by Crippen LogP contribution is -2.32. The molecule has 0 bridgehead atoms. The number of rotatable bonds is 10. The first-order valence-electron chi connectivity index (χ1n) is 11.3. The van der Waals surface area contributed by atoms with Crippen LogP contribution >= 0.6 is 0 Å². The zero-order valence-corrected chi connectivity index (χ0v) is 21.0. The van der Waals surface area contributed by atoms with Crippen molar-refractivity contribution in [2.24, 2.45) is 0 Å². The summed E-state index contributed by atoms with van der Waals surface area (Å²) in [7, 11) is -6.43. The van der Waals surface area contributed by atoms with E-state index in [-0.39, 0.29) is 22.4 Å². The molecule has 35 heavy (non-hydrogen) atoms. The summed E-state index contributed by atoms with van der Waals surface area (Å²) in [4.78, 5) is 4.10. The second-order valence-corrected chi connectivity index (χ2v) is 12.2. The van der Waals surface area contributed by atoms with Gasteiger partial charge < -0.3 is 9.47 Å². The number of aromatic nitrogens is 1. The van der Waals surface area contributed by atoms with Gasteiger partial charge in [-0.15, -0.1) is 0 Å². The number of hydrogen-bond donors (Lipinski definition) is 1. The van der Waals surface area contributed by atoms with Gasteiger partial charge in [0.05, 0.1) is 23.0 Å². The summed E-state index contributed by atoms with van der Waals surface area (Å²) in [5.41, 5.74) is 0.381. The molecular weight excluding hydrogens is 488 g/mol. The molecule has 1 N–H and O–H groups in total. The Morgan fingerprint density at radius 1 is 0.914 bits per heavy atom. The monoisotopic (exact) mass is 516 g/mol. The minimum Gasteiger partial charge on any atom is -0.497 e. The molecule has 3 aromatic rings. The predicted octanol–water partition coefficient (Wildman–Crippen LogP) is 3.91. The lowest BCUT2D eigenvalue weighted by atomic mass is 10.2. The van der Waals surface area contributed by atoms with Crippen LogP contribution in [0.2, 0.25) is 0 Å². The van der Waals surface area contributed by atoms with Crippen molar-refractivity contribution in [1.29, 1.82) is 0 Å². The van der Waals surface area contributed by atoms with Gasteiger partial charge in [-0.2, -0.15) is 0 Å². The molecule has 1 aliphatic rings. The van der Waals surface area contributed by atoms with Crippen molar-refractivity contribution in [3.05, 3.63) is 78.6 Å². The van der Waals surface area contributed by atoms with E-state index in [0.717, 1.165) is 25.7 Å². The van der Waals surface area contributed by atoms with Crippen molar-refractivity contribution in [2.45, 2.75) is 46.8 Å². The summed E-state index contributed by atoms with van der Waals surface area (Å²) in [6.45, 7) is -0.358. The van der Waals surface area contributed by atoms with E-state index in [4.69, 9.17) is 9.47 Å². The number of sulfone groups is 1. The van der Waals surface area contributed by atoms with Crippen LogP contribution in [0.3, 0.4) is 0 Å². The summed E-state index contributed by atoms with van der Waals surface area (Å²) in [6.07, 6.45) is 7.39. The highest BCUT2D eigenvalue weighted by Crippen LogP contribution is 2.30. The molecular formula is C25H28N2O6S2. The summed E-state index contributed by atoms with van der Waals surface area (Å²) >= 11 is 0. The minimum atomic E-state index is -3.97. The standard InChI is InChI=1S/C25H28N2O6S2/c1-32-20-8-12-23(13-9-20)34(28,29)25(19-5-4-16-26-17-19)18-27-35(30,31)24-14-10-22(11-15-24)33-21-6-2-3-7-21/h4-5,8-17,21,25,27H,2-3,6-7,18H2,1H3. The predicted molar refractivity (Wildman–Crippen MR) is 132 cm³/mol. The number of benzene rings is 2. The second-order valence-electron chi connectivity index (χ2n) is 8.34. The Bertz CT molecular complexity index is 1320. The maximum Gasteiger partial charge on any atom is 0.240 e. The van der Waals surface area contributed by atoms with Crippen LogP contribution in [0.5, 0.6) is 11.5 Å². The summed E-state index contributed by atoms with van der Waals surface area (Å²) < 4.78 is 66.4. The molecule has 1 unspecified atom stereocenters. The zero-order chi connectivity index (χ0) is 24.9. The van der Waals surface area contributed by atoms with Gasteiger partial charge in [0, 0.05) is 18.9 Å². The summed E-state index contributed by atoms with van der Waals surface area (Å²) in [5, 5.41) is -1.18. The Morgan fingerprint density at radius 3 is 2.14 bits per heavy atom. The van der Waals surface area contributed by atoms with Gasteiger partial charge in [-0.3, -0.25) is 4.98 Å². The Balaban J connectivity index is 1.54. The maximum absolute atomic E-state index is 13.5. The number of hydrogen-bond acceptors (Lipinski definition) is 7. The highest BCUT2D eigenvalue weighted by Gasteiger charge is 2.31. The van der Waals surface area contributed by atoms with Crippen molar-refractivity contribution in [1.82, 2.24) is 9.71 Å². The first-order chi connectivity index (χ1) is 16.8. The first-order valence-corrected chi connectivity index (χ1v) is 14.4. The van der Waals surface area contributed by atoms with Crippen LogP contribution in [0.25, 0.3) is 0 Å². The summed E-state index contributed by atoms with van der Waals surface area (Å²) in [6, 6.07) is 15.4. The molecule has 1 saturated carbocycles. The Morgan fingerprint density at radius 2 is 1.54 bits per heavy atom. The average Bonchev–Trinajstić information content (AvgIpc) is 3.38. The van der Waals surface area contributed by atoms with E-state index in [9.17, 15) is 16.8 Å². The topological polar surface area (TPSA) is 112 Å². The van der Waals surface area contributed by atoms with Crippen molar-refractivity contribution >= 4 is 19.9 Å². The second kappa shape index (κ2) is 10.8. The van der Waals surface area contributed by atoms with Crippen molar-refractivity contribution in [3.63, 3.8) is 0 Å². The molecule has 4 rings (SSSR count). The quantitative estimate of drug-likeness (QED) is 0.435. The largest absolute Gasteiger partial charge is 0.497 e. The molecule has 1 aliphatic carbocycles. The van der Waals surface area contributed by atoms with E-state index in [1.54, 1.807) is 36.4 Å². The van der Waals surface area contributed by atoms with Gasteiger partial charge in [0.1, 0.15) is 16.7 Å². The number of pyridine rings is 1. The zero-order valence-electron chi connectivity index (χ0n) is 19.3. The van der Waals surface area contributed by atoms with Gasteiger partial charge in [-0.25, -0.2) is 21.6 Å². The van der Waals surface area contributed by atoms with Crippen LogP contribution in [-0.2, 0) is 19.9 Å². The molecule has 0 saturated heterocycles. The van der Waals surface area contributed by atoms with Crippen molar-refractivity contribution < 1.29 is 26.3 Å². The molecule has 0 aliphatic heterocycles. The van der Waals surface area contributed by atoms with E-state index >= 15 is 0 Å². The van der Waals surface area contributed by atoms with E-state index in [1.807, 2.05) is 0 Å². The van der Waals surface area contributed by atoms with E-state index in [0.29, 0.717) is 17.1 Å². The Hall–Kier alpha value is -2.95. The lowest BCUT2D eigenvalue weighted by Gasteiger charge is -2.19. The number of sulfonamides is 1. The van der Waals surface area contributed by atoms with Gasteiger partial charge in [-0.1, -0.05) is 6.07 Å². The maximum atomic E-state index is 13.5. The molecule has 0 spiro atoms. The van der Waals surface area contributed by atoms with Crippen LogP contribution in [0, 0.1) is 0 Å². The molecule has 1 fully saturated rings. The summed E-state index contributed by atoms with van der Waals surface area (Å²) in [5.74, 6) is 1.13. The highest BCUT2D eigenvalue weighted by atomic mass is 32.2. The highest BCUT2D eigenvalue weighted by molar-refractivity contribution is 7.92. The first kappa shape index (κ1) is 25.2. The molecule has 1 heterocycles. The molecule has 1 aromatic heterocycles. The molecule has 2 aromatic carbocycles. The van der Waals surface area contributed by atoms with Crippen LogP contribution in [0.1, 0.15) is 36.5 Å². The lowest BCUT2D eigenvalue weighted by molar-refractivity contribution is 0.210. The van der Waals surface area contributed by atoms with E-state index < -0.39 is 25.1 Å². The number of nitrogens with one attached hydrogen (secondary N) is 1. The molecule has 0 amide bonds. The fourth-order valence-corrected chi connectivity index (χ4v) is 6.86. The molecule has 0 radical (unpaired) electrons. The minimum absolute atomic E-state index is 0.0306. The smallest absolute Gasteiger partial charge is 0.240 e. The fourth-order valence-electron chi connectivity index (χ4n) is 4.07. The van der Waals surface area contributed by atoms with Gasteiger partial charge in [0.15, 0.2) is 9.84 Å². The third kappa shape index (κ3) is 6.01.